The number of aliphatic carboxylic acids is 1. The molecule has 1 amide bonds. The number of anilines is 1. The number of carboxylic acids is 1. The van der Waals surface area contributed by atoms with Gasteiger partial charge in [0.15, 0.2) is 0 Å². The molecule has 0 fully saturated rings. The van der Waals surface area contributed by atoms with Crippen LogP contribution in [0.5, 0.6) is 5.75 Å². The summed E-state index contributed by atoms with van der Waals surface area (Å²) in [5, 5.41) is 11.1. The first kappa shape index (κ1) is 14.0. The number of carbonyl (C=O) groups is 2. The van der Waals surface area contributed by atoms with Crippen molar-refractivity contribution >= 4 is 17.6 Å². The Morgan fingerprint density at radius 1 is 1.50 bits per heavy atom. The van der Waals surface area contributed by atoms with Gasteiger partial charge in [-0.05, 0) is 30.7 Å². The first-order valence-electron chi connectivity index (χ1n) is 5.37. The summed E-state index contributed by atoms with van der Waals surface area (Å²) < 4.78 is 5.09. The highest BCUT2D eigenvalue weighted by Crippen LogP contribution is 2.21. The number of ether oxygens (including phenoxy) is 1. The second-order valence-electron chi connectivity index (χ2n) is 3.88. The molecule has 1 aromatic rings. The van der Waals surface area contributed by atoms with E-state index in [0.29, 0.717) is 11.4 Å². The second kappa shape index (κ2) is 6.02. The van der Waals surface area contributed by atoms with Crippen LogP contribution in [0.2, 0.25) is 0 Å². The van der Waals surface area contributed by atoms with Gasteiger partial charge in [0.2, 0.25) is 5.91 Å². The quantitative estimate of drug-likeness (QED) is 0.717. The maximum Gasteiger partial charge on any atom is 0.305 e. The number of benzene rings is 1. The van der Waals surface area contributed by atoms with Crippen molar-refractivity contribution in [2.75, 3.05) is 12.4 Å². The fraction of sp³-hybridized carbons (Fsp3) is 0.333. The molecule has 1 aromatic carbocycles. The number of aryl methyl sites for hydroxylation is 1. The monoisotopic (exact) mass is 252 g/mol. The highest BCUT2D eigenvalue weighted by molar-refractivity contribution is 5.96. The standard InChI is InChI=1S/C12H16N2O4/c1-7-5-8(3-4-10(7)18-2)14-12(17)9(13)6-11(15)16/h3-5,9H,6,13H2,1-2H3,(H,14,17)(H,15,16). The summed E-state index contributed by atoms with van der Waals surface area (Å²) in [5.41, 5.74) is 6.86. The Morgan fingerprint density at radius 2 is 2.17 bits per heavy atom. The van der Waals surface area contributed by atoms with Gasteiger partial charge < -0.3 is 20.9 Å². The van der Waals surface area contributed by atoms with Gasteiger partial charge >= 0.3 is 5.97 Å². The van der Waals surface area contributed by atoms with E-state index in [1.54, 1.807) is 25.3 Å². The molecule has 1 rings (SSSR count). The normalized spacial score (nSPS) is 11.7. The number of hydrogen-bond acceptors (Lipinski definition) is 4. The first-order chi connectivity index (χ1) is 8.43. The number of carboxylic acid groups (broad SMARTS) is 1. The van der Waals surface area contributed by atoms with Crippen molar-refractivity contribution < 1.29 is 19.4 Å². The molecule has 0 aromatic heterocycles. The van der Waals surface area contributed by atoms with Gasteiger partial charge in [-0.3, -0.25) is 9.59 Å². The van der Waals surface area contributed by atoms with Crippen LogP contribution in [0, 0.1) is 6.92 Å². The molecule has 0 spiro atoms. The Morgan fingerprint density at radius 3 is 2.67 bits per heavy atom. The second-order valence-corrected chi connectivity index (χ2v) is 3.88. The Balaban J connectivity index is 2.70. The van der Waals surface area contributed by atoms with Gasteiger partial charge in [0.05, 0.1) is 19.6 Å². The molecule has 4 N–H and O–H groups in total. The van der Waals surface area contributed by atoms with Crippen molar-refractivity contribution in [1.29, 1.82) is 0 Å². The molecule has 1 unspecified atom stereocenters. The van der Waals surface area contributed by atoms with E-state index in [0.717, 1.165) is 5.56 Å². The van der Waals surface area contributed by atoms with Crippen LogP contribution in [0.25, 0.3) is 0 Å². The fourth-order valence-corrected chi connectivity index (χ4v) is 1.47. The van der Waals surface area contributed by atoms with E-state index in [-0.39, 0.29) is 0 Å². The van der Waals surface area contributed by atoms with Crippen LogP contribution in [0.1, 0.15) is 12.0 Å². The van der Waals surface area contributed by atoms with Crippen molar-refractivity contribution in [3.63, 3.8) is 0 Å². The number of nitrogens with two attached hydrogens (primary N) is 1. The van der Waals surface area contributed by atoms with E-state index < -0.39 is 24.3 Å². The minimum absolute atomic E-state index is 0.402. The van der Waals surface area contributed by atoms with Crippen LogP contribution >= 0.6 is 0 Å². The molecule has 0 saturated carbocycles. The smallest absolute Gasteiger partial charge is 0.305 e. The zero-order chi connectivity index (χ0) is 13.7. The summed E-state index contributed by atoms with van der Waals surface area (Å²) in [5.74, 6) is -0.923. The van der Waals surface area contributed by atoms with Gasteiger partial charge in [-0.2, -0.15) is 0 Å². The largest absolute Gasteiger partial charge is 0.496 e. The predicted octanol–water partition coefficient (Wildman–Crippen LogP) is 0.744. The lowest BCUT2D eigenvalue weighted by molar-refractivity contribution is -0.138. The lowest BCUT2D eigenvalue weighted by Crippen LogP contribution is -2.37. The van der Waals surface area contributed by atoms with Gasteiger partial charge in [0.1, 0.15) is 5.75 Å². The zero-order valence-corrected chi connectivity index (χ0v) is 10.3. The molecule has 0 bridgehead atoms. The SMILES string of the molecule is COc1ccc(NC(=O)C(N)CC(=O)O)cc1C. The van der Waals surface area contributed by atoms with Crippen molar-refractivity contribution in [1.82, 2.24) is 0 Å². The highest BCUT2D eigenvalue weighted by atomic mass is 16.5. The molecular weight excluding hydrogens is 236 g/mol. The molecule has 1 atom stereocenters. The molecule has 0 heterocycles. The van der Waals surface area contributed by atoms with Crippen LogP contribution in [-0.4, -0.2) is 30.1 Å². The number of amides is 1. The van der Waals surface area contributed by atoms with Gasteiger partial charge in [-0.25, -0.2) is 0 Å². The lowest BCUT2D eigenvalue weighted by atomic mass is 10.1. The van der Waals surface area contributed by atoms with Gasteiger partial charge in [-0.15, -0.1) is 0 Å². The van der Waals surface area contributed by atoms with Crippen LogP contribution in [0.3, 0.4) is 0 Å². The maximum absolute atomic E-state index is 11.6. The van der Waals surface area contributed by atoms with Crippen molar-refractivity contribution in [3.05, 3.63) is 23.8 Å². The summed E-state index contributed by atoms with van der Waals surface area (Å²) in [6, 6.07) is 4.04. The highest BCUT2D eigenvalue weighted by Gasteiger charge is 2.17. The molecule has 0 aliphatic heterocycles. The number of carbonyl (C=O) groups excluding carboxylic acids is 1. The van der Waals surface area contributed by atoms with Crippen LogP contribution in [-0.2, 0) is 9.59 Å². The summed E-state index contributed by atoms with van der Waals surface area (Å²) in [4.78, 5) is 22.0. The van der Waals surface area contributed by atoms with Crippen molar-refractivity contribution in [2.45, 2.75) is 19.4 Å². The minimum Gasteiger partial charge on any atom is -0.496 e. The Hall–Kier alpha value is -2.08. The minimum atomic E-state index is -1.11. The molecule has 6 heteroatoms. The molecular formula is C12H16N2O4. The number of nitrogens with one attached hydrogen (secondary N) is 1. The van der Waals surface area contributed by atoms with Crippen molar-refractivity contribution in [2.24, 2.45) is 5.73 Å². The molecule has 98 valence electrons. The molecule has 0 aliphatic rings. The third kappa shape index (κ3) is 3.74. The predicted molar refractivity (Wildman–Crippen MR) is 66.6 cm³/mol. The van der Waals surface area contributed by atoms with Crippen LogP contribution in [0.4, 0.5) is 5.69 Å². The molecule has 0 aliphatic carbocycles. The van der Waals surface area contributed by atoms with E-state index in [1.165, 1.54) is 0 Å². The zero-order valence-electron chi connectivity index (χ0n) is 10.3. The average Bonchev–Trinajstić information content (AvgIpc) is 2.28. The van der Waals surface area contributed by atoms with Gasteiger partial charge in [0, 0.05) is 5.69 Å². The Labute approximate surface area is 105 Å². The van der Waals surface area contributed by atoms with Crippen molar-refractivity contribution in [3.8, 4) is 5.75 Å². The van der Waals surface area contributed by atoms with E-state index in [1.807, 2.05) is 6.92 Å². The summed E-state index contributed by atoms with van der Waals surface area (Å²) in [6.45, 7) is 1.84. The fourth-order valence-electron chi connectivity index (χ4n) is 1.47. The lowest BCUT2D eigenvalue weighted by Gasteiger charge is -2.12. The van der Waals surface area contributed by atoms with E-state index in [9.17, 15) is 9.59 Å². The third-order valence-electron chi connectivity index (χ3n) is 2.39. The number of rotatable bonds is 5. The van der Waals surface area contributed by atoms with E-state index >= 15 is 0 Å². The maximum atomic E-state index is 11.6. The summed E-state index contributed by atoms with van der Waals surface area (Å²) >= 11 is 0. The molecule has 6 nitrogen and oxygen atoms in total. The number of methoxy groups -OCH3 is 1. The Kier molecular flexibility index (Phi) is 4.67. The van der Waals surface area contributed by atoms with Gasteiger partial charge in [0.25, 0.3) is 0 Å². The molecule has 18 heavy (non-hydrogen) atoms. The van der Waals surface area contributed by atoms with E-state index in [4.69, 9.17) is 15.6 Å². The Bertz CT molecular complexity index is 459. The molecule has 0 radical (unpaired) electrons. The van der Waals surface area contributed by atoms with Gasteiger partial charge in [-0.1, -0.05) is 0 Å². The summed E-state index contributed by atoms with van der Waals surface area (Å²) in [6.07, 6.45) is -0.402. The van der Waals surface area contributed by atoms with Crippen LogP contribution < -0.4 is 15.8 Å². The average molecular weight is 252 g/mol. The van der Waals surface area contributed by atoms with E-state index in [2.05, 4.69) is 5.32 Å². The first-order valence-corrected chi connectivity index (χ1v) is 5.37. The molecule has 0 saturated heterocycles. The summed E-state index contributed by atoms with van der Waals surface area (Å²) in [7, 11) is 1.56. The number of hydrogen-bond donors (Lipinski definition) is 3. The van der Waals surface area contributed by atoms with Crippen LogP contribution in [0.15, 0.2) is 18.2 Å². The third-order valence-corrected chi connectivity index (χ3v) is 2.39. The topological polar surface area (TPSA) is 102 Å².